The van der Waals surface area contributed by atoms with Crippen LogP contribution in [0.5, 0.6) is 5.75 Å². The number of benzene rings is 2. The summed E-state index contributed by atoms with van der Waals surface area (Å²) in [5.74, 6) is 0.224. The van der Waals surface area contributed by atoms with Gasteiger partial charge in [-0.1, -0.05) is 6.07 Å². The molecule has 2 aromatic heterocycles. The molecule has 0 saturated carbocycles. The average Bonchev–Trinajstić information content (AvgIpc) is 3.58. The minimum Gasteiger partial charge on any atom is -0.492 e. The molecule has 1 amide bonds. The molecule has 14 heteroatoms. The molecule has 4 aromatic rings. The van der Waals surface area contributed by atoms with E-state index < -0.39 is 21.6 Å². The van der Waals surface area contributed by atoms with Crippen LogP contribution in [0, 0.1) is 6.92 Å². The lowest BCUT2D eigenvalue weighted by molar-refractivity contribution is -0.0449. The maximum Gasteiger partial charge on any atom is 0.518 e. The van der Waals surface area contributed by atoms with Gasteiger partial charge in [-0.2, -0.15) is 35.9 Å². The number of ether oxygens (including phenoxy) is 1. The van der Waals surface area contributed by atoms with Crippen LogP contribution in [-0.4, -0.2) is 70.9 Å². The van der Waals surface area contributed by atoms with E-state index in [9.17, 15) is 26.4 Å². The lowest BCUT2D eigenvalue weighted by Crippen LogP contribution is -2.30. The van der Waals surface area contributed by atoms with E-state index >= 15 is 0 Å². The number of nitrogens with one attached hydrogen (secondary N) is 1. The van der Waals surface area contributed by atoms with E-state index in [1.54, 1.807) is 61.4 Å². The smallest absolute Gasteiger partial charge is 0.492 e. The quantitative estimate of drug-likeness (QED) is 0.286. The number of amides is 1. The average molecular weight is 605 g/mol. The summed E-state index contributed by atoms with van der Waals surface area (Å²) in [6.45, 7) is 4.76. The van der Waals surface area contributed by atoms with E-state index in [-0.39, 0.29) is 15.6 Å². The normalized spacial score (nSPS) is 12.9. The third-order valence-electron chi connectivity index (χ3n) is 6.53. The molecule has 0 saturated heterocycles. The Morgan fingerprint density at radius 2 is 1.67 bits per heavy atom. The first-order valence-corrected chi connectivity index (χ1v) is 14.3. The van der Waals surface area contributed by atoms with Crippen molar-refractivity contribution in [1.29, 1.82) is 0 Å². The summed E-state index contributed by atoms with van der Waals surface area (Å²) in [4.78, 5) is 15.3. The van der Waals surface area contributed by atoms with Gasteiger partial charge in [0, 0.05) is 36.5 Å². The zero-order chi connectivity index (χ0) is 30.8. The highest BCUT2D eigenvalue weighted by Gasteiger charge is 2.48. The number of hydrogen-bond donors (Lipinski definition) is 1. The maximum atomic E-state index is 13.3. The van der Waals surface area contributed by atoms with Crippen LogP contribution in [0.3, 0.4) is 0 Å². The fourth-order valence-electron chi connectivity index (χ4n) is 4.14. The third-order valence-corrected chi connectivity index (χ3v) is 7.81. The van der Waals surface area contributed by atoms with Gasteiger partial charge in [0.2, 0.25) is 0 Å². The van der Waals surface area contributed by atoms with Crippen molar-refractivity contribution in [1.82, 2.24) is 29.2 Å². The van der Waals surface area contributed by atoms with Crippen molar-refractivity contribution in [2.45, 2.75) is 25.4 Å². The Balaban J connectivity index is 1.66. The number of likely N-dealkylation sites (N-methyl/N-ethyl adjacent to an activating group) is 1. The first kappa shape index (κ1) is 30.8. The largest absolute Gasteiger partial charge is 0.518 e. The Bertz CT molecular complexity index is 1700. The fraction of sp³-hybridized carbons (Fsp3) is 0.321. The van der Waals surface area contributed by atoms with Gasteiger partial charge in [-0.25, -0.2) is 0 Å². The molecule has 0 aliphatic carbocycles. The molecule has 224 valence electrons. The molecular formula is C28H31F3N6O4S. The van der Waals surface area contributed by atoms with Gasteiger partial charge in [0.05, 0.1) is 24.6 Å². The summed E-state index contributed by atoms with van der Waals surface area (Å²) in [7, 11) is -0.0821. The highest BCUT2D eigenvalue weighted by atomic mass is 32.2. The van der Waals surface area contributed by atoms with Gasteiger partial charge in [-0.3, -0.25) is 9.48 Å². The zero-order valence-electron chi connectivity index (χ0n) is 23.7. The first-order chi connectivity index (χ1) is 19.7. The van der Waals surface area contributed by atoms with Crippen LogP contribution < -0.4 is 10.1 Å². The van der Waals surface area contributed by atoms with Crippen molar-refractivity contribution in [3.8, 4) is 28.0 Å². The van der Waals surface area contributed by atoms with Gasteiger partial charge in [0.15, 0.2) is 0 Å². The SMILES string of the molecule is Cc1ccc(OCCN(C)C)cc1C(=O)N[C@H](C)c1cc(-c2cnn(C)c2)cc(-c2cnn(S(=O)(=O)C(F)(F)F)c2)c1. The highest BCUT2D eigenvalue weighted by molar-refractivity contribution is 7.90. The van der Waals surface area contributed by atoms with Gasteiger partial charge in [0.25, 0.3) is 5.91 Å². The summed E-state index contributed by atoms with van der Waals surface area (Å²) >= 11 is 0. The maximum absolute atomic E-state index is 13.3. The Hall–Kier alpha value is -4.17. The van der Waals surface area contributed by atoms with Crippen molar-refractivity contribution in [2.24, 2.45) is 7.05 Å². The molecule has 10 nitrogen and oxygen atoms in total. The van der Waals surface area contributed by atoms with Crippen molar-refractivity contribution < 1.29 is 31.1 Å². The molecule has 4 rings (SSSR count). The molecule has 0 fully saturated rings. The van der Waals surface area contributed by atoms with Crippen LogP contribution in [0.1, 0.15) is 34.5 Å². The summed E-state index contributed by atoms with van der Waals surface area (Å²) < 4.78 is 70.3. The van der Waals surface area contributed by atoms with E-state index in [0.717, 1.165) is 18.0 Å². The van der Waals surface area contributed by atoms with Gasteiger partial charge in [0.1, 0.15) is 12.4 Å². The van der Waals surface area contributed by atoms with E-state index in [1.807, 2.05) is 32.0 Å². The Morgan fingerprint density at radius 3 is 2.26 bits per heavy atom. The Morgan fingerprint density at radius 1 is 1.02 bits per heavy atom. The zero-order valence-corrected chi connectivity index (χ0v) is 24.5. The minimum absolute atomic E-state index is 0.0969. The standard InChI is InChI=1S/C28H31F3N6O4S/c1-18-6-7-25(41-9-8-35(3)4)13-26(18)27(38)34-19(2)20-10-21(23-14-32-36(5)16-23)12-22(11-20)24-15-33-37(17-24)42(39,40)28(29,30)31/h6-7,10-17,19H,8-9H2,1-5H3,(H,34,38)/t19-/m1/s1. The van der Waals surface area contributed by atoms with E-state index in [4.69, 9.17) is 4.74 Å². The number of carbonyl (C=O) groups is 1. The fourth-order valence-corrected chi connectivity index (χ4v) is 4.77. The molecule has 0 bridgehead atoms. The number of aryl methyl sites for hydroxylation is 2. The molecule has 42 heavy (non-hydrogen) atoms. The van der Waals surface area contributed by atoms with Crippen LogP contribution in [0.2, 0.25) is 0 Å². The van der Waals surface area contributed by atoms with E-state index in [0.29, 0.717) is 46.7 Å². The molecule has 1 N–H and O–H groups in total. The molecule has 0 spiro atoms. The summed E-state index contributed by atoms with van der Waals surface area (Å²) in [6, 6.07) is 9.93. The predicted octanol–water partition coefficient (Wildman–Crippen LogP) is 4.39. The number of aromatic nitrogens is 4. The topological polar surface area (TPSA) is 111 Å². The molecule has 2 heterocycles. The van der Waals surface area contributed by atoms with Gasteiger partial charge in [-0.15, -0.1) is 0 Å². The Kier molecular flexibility index (Phi) is 8.78. The number of nitrogens with zero attached hydrogens (tertiary/aromatic N) is 5. The van der Waals surface area contributed by atoms with Crippen molar-refractivity contribution in [3.63, 3.8) is 0 Å². The molecule has 0 unspecified atom stereocenters. The molecule has 0 aliphatic rings. The molecule has 0 aliphatic heterocycles. The van der Waals surface area contributed by atoms with Crippen molar-refractivity contribution in [2.75, 3.05) is 27.2 Å². The van der Waals surface area contributed by atoms with Crippen molar-refractivity contribution in [3.05, 3.63) is 77.9 Å². The number of hydrogen-bond acceptors (Lipinski definition) is 7. The summed E-state index contributed by atoms with van der Waals surface area (Å²) in [5.41, 5.74) is -1.76. The van der Waals surface area contributed by atoms with Gasteiger partial charge in [-0.05, 0) is 80.5 Å². The molecule has 2 aromatic carbocycles. The highest BCUT2D eigenvalue weighted by Crippen LogP contribution is 2.32. The number of carbonyl (C=O) groups excluding carboxylic acids is 1. The number of alkyl halides is 3. The summed E-state index contributed by atoms with van der Waals surface area (Å²) in [5, 5.41) is 10.6. The number of rotatable bonds is 10. The predicted molar refractivity (Wildman–Crippen MR) is 151 cm³/mol. The summed E-state index contributed by atoms with van der Waals surface area (Å²) in [6.07, 6.45) is 5.23. The number of halogens is 3. The molecular weight excluding hydrogens is 573 g/mol. The second-order valence-corrected chi connectivity index (χ2v) is 11.9. The molecule has 0 radical (unpaired) electrons. The van der Waals surface area contributed by atoms with Gasteiger partial charge < -0.3 is 15.0 Å². The van der Waals surface area contributed by atoms with Gasteiger partial charge >= 0.3 is 15.5 Å². The van der Waals surface area contributed by atoms with E-state index in [1.165, 1.54) is 0 Å². The third kappa shape index (κ3) is 6.82. The van der Waals surface area contributed by atoms with Crippen LogP contribution >= 0.6 is 0 Å². The lowest BCUT2D eigenvalue weighted by Gasteiger charge is -2.18. The second kappa shape index (κ2) is 12.0. The van der Waals surface area contributed by atoms with Crippen LogP contribution in [0.25, 0.3) is 22.3 Å². The first-order valence-electron chi connectivity index (χ1n) is 12.9. The monoisotopic (exact) mass is 604 g/mol. The minimum atomic E-state index is -5.69. The van der Waals surface area contributed by atoms with Crippen LogP contribution in [0.15, 0.2) is 61.2 Å². The second-order valence-electron chi connectivity index (χ2n) is 10.1. The van der Waals surface area contributed by atoms with E-state index in [2.05, 4.69) is 15.5 Å². The van der Waals surface area contributed by atoms with Crippen molar-refractivity contribution >= 4 is 15.9 Å². The van der Waals surface area contributed by atoms with Crippen LogP contribution in [0.4, 0.5) is 13.2 Å². The lowest BCUT2D eigenvalue weighted by atomic mass is 9.96. The Labute approximate surface area is 241 Å². The molecule has 1 atom stereocenters. The van der Waals surface area contributed by atoms with Crippen LogP contribution in [-0.2, 0) is 17.1 Å².